The number of anilines is 1. The molecule has 1 aromatic heterocycles. The summed E-state index contributed by atoms with van der Waals surface area (Å²) in [7, 11) is 1.68. The van der Waals surface area contributed by atoms with E-state index < -0.39 is 0 Å². The zero-order chi connectivity index (χ0) is 19.2. The van der Waals surface area contributed by atoms with Gasteiger partial charge >= 0.3 is 0 Å². The van der Waals surface area contributed by atoms with Crippen LogP contribution in [0.15, 0.2) is 27.6 Å². The van der Waals surface area contributed by atoms with E-state index in [-0.39, 0.29) is 5.82 Å². The third kappa shape index (κ3) is 4.97. The van der Waals surface area contributed by atoms with Gasteiger partial charge in [0.1, 0.15) is 11.6 Å². The van der Waals surface area contributed by atoms with E-state index in [2.05, 4.69) is 20.6 Å². The van der Waals surface area contributed by atoms with Crippen LogP contribution in [0.3, 0.4) is 0 Å². The van der Waals surface area contributed by atoms with Crippen molar-refractivity contribution in [3.63, 3.8) is 0 Å². The number of hydrogen-bond acceptors (Lipinski definition) is 5. The summed E-state index contributed by atoms with van der Waals surface area (Å²) in [4.78, 5) is 10.5. The van der Waals surface area contributed by atoms with Crippen LogP contribution in [0, 0.1) is 19.7 Å². The average molecular weight is 375 g/mol. The minimum atomic E-state index is -0.218. The van der Waals surface area contributed by atoms with E-state index in [9.17, 15) is 4.39 Å². The first-order valence-corrected chi connectivity index (χ1v) is 9.05. The third-order valence-electron chi connectivity index (χ3n) is 4.53. The Morgan fingerprint density at radius 3 is 2.59 bits per heavy atom. The van der Waals surface area contributed by atoms with Crippen molar-refractivity contribution in [3.8, 4) is 0 Å². The molecule has 0 spiro atoms. The number of nitrogens with one attached hydrogen (secondary N) is 2. The molecule has 1 aliphatic heterocycles. The van der Waals surface area contributed by atoms with E-state index in [1.54, 1.807) is 13.1 Å². The van der Waals surface area contributed by atoms with Crippen LogP contribution in [-0.2, 0) is 17.8 Å². The minimum Gasteiger partial charge on any atom is -0.444 e. The summed E-state index contributed by atoms with van der Waals surface area (Å²) in [5, 5.41) is 6.31. The van der Waals surface area contributed by atoms with Crippen molar-refractivity contribution >= 4 is 11.6 Å². The van der Waals surface area contributed by atoms with Crippen LogP contribution in [-0.4, -0.2) is 44.3 Å². The molecule has 1 saturated heterocycles. The van der Waals surface area contributed by atoms with Crippen LogP contribution in [0.5, 0.6) is 0 Å². The van der Waals surface area contributed by atoms with Gasteiger partial charge in [-0.15, -0.1) is 0 Å². The highest BCUT2D eigenvalue weighted by molar-refractivity contribution is 5.79. The highest BCUT2D eigenvalue weighted by Gasteiger charge is 2.15. The van der Waals surface area contributed by atoms with Gasteiger partial charge in [-0.1, -0.05) is 6.07 Å². The van der Waals surface area contributed by atoms with Crippen LogP contribution in [0.4, 0.5) is 10.1 Å². The Labute approximate surface area is 158 Å². The molecule has 1 aliphatic rings. The number of rotatable bonds is 5. The maximum Gasteiger partial charge on any atom is 0.214 e. The first-order valence-electron chi connectivity index (χ1n) is 9.05. The van der Waals surface area contributed by atoms with Crippen LogP contribution in [0.25, 0.3) is 0 Å². The van der Waals surface area contributed by atoms with Gasteiger partial charge in [0.15, 0.2) is 5.96 Å². The third-order valence-corrected chi connectivity index (χ3v) is 4.53. The molecular formula is C19H26FN5O2. The molecule has 2 heterocycles. The fraction of sp³-hybridized carbons (Fsp3) is 0.474. The molecule has 146 valence electrons. The molecule has 27 heavy (non-hydrogen) atoms. The Morgan fingerprint density at radius 1 is 1.22 bits per heavy atom. The van der Waals surface area contributed by atoms with E-state index in [0.717, 1.165) is 17.0 Å². The van der Waals surface area contributed by atoms with E-state index in [1.807, 2.05) is 30.9 Å². The van der Waals surface area contributed by atoms with Gasteiger partial charge in [0.05, 0.1) is 31.1 Å². The molecule has 0 amide bonds. The van der Waals surface area contributed by atoms with Gasteiger partial charge in [0.25, 0.3) is 0 Å². The van der Waals surface area contributed by atoms with Crippen molar-refractivity contribution in [2.75, 3.05) is 38.3 Å². The summed E-state index contributed by atoms with van der Waals surface area (Å²) in [5.74, 6) is 1.80. The van der Waals surface area contributed by atoms with Crippen LogP contribution in [0.2, 0.25) is 0 Å². The van der Waals surface area contributed by atoms with Gasteiger partial charge in [0, 0.05) is 26.7 Å². The molecule has 3 rings (SSSR count). The maximum atomic E-state index is 14.5. The fourth-order valence-corrected chi connectivity index (χ4v) is 2.90. The average Bonchev–Trinajstić information content (AvgIpc) is 3.00. The molecule has 2 aromatic rings. The van der Waals surface area contributed by atoms with Gasteiger partial charge in [-0.3, -0.25) is 4.99 Å². The van der Waals surface area contributed by atoms with Crippen molar-refractivity contribution in [2.45, 2.75) is 26.9 Å². The second kappa shape index (κ2) is 8.85. The van der Waals surface area contributed by atoms with Gasteiger partial charge in [-0.25, -0.2) is 9.37 Å². The molecule has 1 aromatic carbocycles. The van der Waals surface area contributed by atoms with Gasteiger partial charge in [-0.2, -0.15) is 0 Å². The van der Waals surface area contributed by atoms with Crippen LogP contribution < -0.4 is 15.5 Å². The Bertz CT molecular complexity index is 780. The van der Waals surface area contributed by atoms with Crippen LogP contribution >= 0.6 is 0 Å². The van der Waals surface area contributed by atoms with Gasteiger partial charge < -0.3 is 24.7 Å². The van der Waals surface area contributed by atoms with Crippen molar-refractivity contribution in [1.29, 1.82) is 0 Å². The molecule has 0 aliphatic carbocycles. The summed E-state index contributed by atoms with van der Waals surface area (Å²) in [6.07, 6.45) is 0. The molecule has 8 heteroatoms. The monoisotopic (exact) mass is 375 g/mol. The zero-order valence-electron chi connectivity index (χ0n) is 16.0. The van der Waals surface area contributed by atoms with E-state index in [0.29, 0.717) is 56.9 Å². The van der Waals surface area contributed by atoms with Gasteiger partial charge in [-0.05, 0) is 31.5 Å². The molecule has 0 radical (unpaired) electrons. The summed E-state index contributed by atoms with van der Waals surface area (Å²) in [6, 6.07) is 5.31. The molecular weight excluding hydrogens is 349 g/mol. The van der Waals surface area contributed by atoms with E-state index in [1.165, 1.54) is 0 Å². The lowest BCUT2D eigenvalue weighted by molar-refractivity contribution is 0.122. The number of hydrogen-bond donors (Lipinski definition) is 2. The first-order chi connectivity index (χ1) is 13.1. The minimum absolute atomic E-state index is 0.218. The summed E-state index contributed by atoms with van der Waals surface area (Å²) >= 11 is 0. The number of oxazole rings is 1. The molecule has 0 bridgehead atoms. The normalized spacial score (nSPS) is 15.1. The summed E-state index contributed by atoms with van der Waals surface area (Å²) in [6.45, 7) is 7.37. The van der Waals surface area contributed by atoms with E-state index in [4.69, 9.17) is 9.15 Å². The predicted molar refractivity (Wildman–Crippen MR) is 102 cm³/mol. The Morgan fingerprint density at radius 2 is 1.96 bits per heavy atom. The molecule has 2 N–H and O–H groups in total. The molecule has 0 saturated carbocycles. The summed E-state index contributed by atoms with van der Waals surface area (Å²) in [5.41, 5.74) is 2.35. The topological polar surface area (TPSA) is 74.9 Å². The number of aryl methyl sites for hydroxylation is 2. The highest BCUT2D eigenvalue weighted by atomic mass is 19.1. The number of halogens is 1. The second-order valence-corrected chi connectivity index (χ2v) is 6.41. The molecule has 1 fully saturated rings. The van der Waals surface area contributed by atoms with Crippen molar-refractivity contribution in [3.05, 3.63) is 46.9 Å². The van der Waals surface area contributed by atoms with Crippen molar-refractivity contribution in [1.82, 2.24) is 15.6 Å². The van der Waals surface area contributed by atoms with Crippen molar-refractivity contribution in [2.24, 2.45) is 4.99 Å². The molecule has 7 nitrogen and oxygen atoms in total. The predicted octanol–water partition coefficient (Wildman–Crippen LogP) is 2.13. The Hall–Kier alpha value is -2.61. The van der Waals surface area contributed by atoms with Gasteiger partial charge in [0.2, 0.25) is 5.89 Å². The fourth-order valence-electron chi connectivity index (χ4n) is 2.90. The number of benzene rings is 1. The smallest absolute Gasteiger partial charge is 0.214 e. The lowest BCUT2D eigenvalue weighted by atomic mass is 10.1. The van der Waals surface area contributed by atoms with Crippen LogP contribution in [0.1, 0.15) is 22.9 Å². The van der Waals surface area contributed by atoms with Crippen molar-refractivity contribution < 1.29 is 13.5 Å². The number of nitrogens with zero attached hydrogens (tertiary/aromatic N) is 3. The lowest BCUT2D eigenvalue weighted by Gasteiger charge is -2.29. The summed E-state index contributed by atoms with van der Waals surface area (Å²) < 4.78 is 25.3. The molecule has 0 atom stereocenters. The number of morpholine rings is 1. The first kappa shape index (κ1) is 19.2. The number of guanidine groups is 1. The Balaban J connectivity index is 1.54. The quantitative estimate of drug-likeness (QED) is 0.616. The SMILES string of the molecule is CN=C(NCc1ccc(N2CCOCC2)c(F)c1)NCc1nc(C)c(C)o1. The highest BCUT2D eigenvalue weighted by Crippen LogP contribution is 2.21. The molecule has 0 unspecified atom stereocenters. The standard InChI is InChI=1S/C19H26FN5O2/c1-13-14(2)27-18(24-13)12-23-19(21-3)22-11-15-4-5-17(16(20)10-15)25-6-8-26-9-7-25/h4-5,10H,6-9,11-12H2,1-3H3,(H2,21,22,23). The maximum absolute atomic E-state index is 14.5. The lowest BCUT2D eigenvalue weighted by Crippen LogP contribution is -2.37. The second-order valence-electron chi connectivity index (χ2n) is 6.41. The number of aliphatic imine (C=N–C) groups is 1. The largest absolute Gasteiger partial charge is 0.444 e. The zero-order valence-corrected chi connectivity index (χ0v) is 16.0. The number of aromatic nitrogens is 1. The number of ether oxygens (including phenoxy) is 1. The Kier molecular flexibility index (Phi) is 6.28. The van der Waals surface area contributed by atoms with E-state index >= 15 is 0 Å².